The van der Waals surface area contributed by atoms with Gasteiger partial charge in [0, 0.05) is 6.04 Å². The van der Waals surface area contributed by atoms with E-state index in [0.717, 1.165) is 51.6 Å². The van der Waals surface area contributed by atoms with Crippen LogP contribution in [0.25, 0.3) is 0 Å². The van der Waals surface area contributed by atoms with Gasteiger partial charge in [0.05, 0.1) is 4.90 Å². The highest BCUT2D eigenvalue weighted by Crippen LogP contribution is 2.26. The van der Waals surface area contributed by atoms with Crippen molar-refractivity contribution >= 4 is 10.0 Å². The molecule has 22 heavy (non-hydrogen) atoms. The molecule has 3 rings (SSSR count). The number of hydrogen-bond acceptors (Lipinski definition) is 3. The molecule has 4 nitrogen and oxygen atoms in total. The predicted molar refractivity (Wildman–Crippen MR) is 88.5 cm³/mol. The van der Waals surface area contributed by atoms with E-state index >= 15 is 0 Å². The van der Waals surface area contributed by atoms with Crippen LogP contribution in [-0.2, 0) is 10.0 Å². The minimum atomic E-state index is -3.37. The molecule has 0 spiro atoms. The molecule has 1 aromatic rings. The van der Waals surface area contributed by atoms with Gasteiger partial charge in [0.1, 0.15) is 0 Å². The maximum atomic E-state index is 12.5. The van der Waals surface area contributed by atoms with Crippen molar-refractivity contribution in [3.63, 3.8) is 0 Å². The molecule has 0 amide bonds. The quantitative estimate of drug-likeness (QED) is 0.896. The normalized spacial score (nSPS) is 21.8. The van der Waals surface area contributed by atoms with Gasteiger partial charge in [-0.1, -0.05) is 31.4 Å². The van der Waals surface area contributed by atoms with Gasteiger partial charge in [-0.15, -0.1) is 0 Å². The minimum Gasteiger partial charge on any atom is -0.317 e. The zero-order valence-electron chi connectivity index (χ0n) is 13.1. The average molecular weight is 322 g/mol. The molecule has 122 valence electrons. The summed E-state index contributed by atoms with van der Waals surface area (Å²) in [6, 6.07) is 7.63. The molecule has 2 aliphatic rings. The van der Waals surface area contributed by atoms with Crippen LogP contribution in [0.2, 0.25) is 0 Å². The van der Waals surface area contributed by atoms with Crippen LogP contribution >= 0.6 is 0 Å². The summed E-state index contributed by atoms with van der Waals surface area (Å²) in [5, 5.41) is 3.36. The van der Waals surface area contributed by atoms with Gasteiger partial charge in [-0.3, -0.25) is 0 Å². The molecule has 1 saturated heterocycles. The first-order valence-electron chi connectivity index (χ1n) is 8.48. The summed E-state index contributed by atoms with van der Waals surface area (Å²) in [5.41, 5.74) is 1.26. The average Bonchev–Trinajstić information content (AvgIpc) is 2.56. The molecule has 5 heteroatoms. The van der Waals surface area contributed by atoms with Gasteiger partial charge in [0.25, 0.3) is 0 Å². The lowest BCUT2D eigenvalue weighted by Crippen LogP contribution is -2.36. The third-order valence-electron chi connectivity index (χ3n) is 4.93. The van der Waals surface area contributed by atoms with Crippen LogP contribution in [0.4, 0.5) is 0 Å². The smallest absolute Gasteiger partial charge is 0.240 e. The summed E-state index contributed by atoms with van der Waals surface area (Å²) in [7, 11) is -3.37. The van der Waals surface area contributed by atoms with Crippen molar-refractivity contribution in [2.24, 2.45) is 0 Å². The first-order valence-corrected chi connectivity index (χ1v) is 9.96. The first-order chi connectivity index (χ1) is 10.6. The van der Waals surface area contributed by atoms with Crippen LogP contribution in [0.15, 0.2) is 29.2 Å². The number of hydrogen-bond donors (Lipinski definition) is 2. The molecule has 0 bridgehead atoms. The molecule has 0 unspecified atom stereocenters. The molecule has 1 heterocycles. The van der Waals surface area contributed by atoms with Crippen LogP contribution < -0.4 is 10.0 Å². The fourth-order valence-electron chi connectivity index (χ4n) is 3.58. The highest BCUT2D eigenvalue weighted by atomic mass is 32.2. The maximum Gasteiger partial charge on any atom is 0.240 e. The van der Waals surface area contributed by atoms with E-state index in [4.69, 9.17) is 0 Å². The molecule has 0 aromatic heterocycles. The molecule has 1 aliphatic heterocycles. The van der Waals surface area contributed by atoms with E-state index in [1.807, 2.05) is 12.1 Å². The van der Waals surface area contributed by atoms with Crippen molar-refractivity contribution in [1.82, 2.24) is 10.0 Å². The van der Waals surface area contributed by atoms with E-state index in [0.29, 0.717) is 10.8 Å². The Hall–Kier alpha value is -0.910. The van der Waals surface area contributed by atoms with Gasteiger partial charge in [0.2, 0.25) is 10.0 Å². The van der Waals surface area contributed by atoms with Crippen molar-refractivity contribution in [2.75, 3.05) is 13.1 Å². The topological polar surface area (TPSA) is 58.2 Å². The van der Waals surface area contributed by atoms with E-state index in [2.05, 4.69) is 10.0 Å². The molecule has 2 N–H and O–H groups in total. The van der Waals surface area contributed by atoms with Crippen molar-refractivity contribution < 1.29 is 8.42 Å². The van der Waals surface area contributed by atoms with Crippen LogP contribution in [-0.4, -0.2) is 27.5 Å². The number of nitrogens with one attached hydrogen (secondary N) is 2. The highest BCUT2D eigenvalue weighted by Gasteiger charge is 2.22. The van der Waals surface area contributed by atoms with E-state index in [9.17, 15) is 8.42 Å². The van der Waals surface area contributed by atoms with Crippen molar-refractivity contribution in [2.45, 2.75) is 61.8 Å². The largest absolute Gasteiger partial charge is 0.317 e. The van der Waals surface area contributed by atoms with Crippen molar-refractivity contribution in [3.8, 4) is 0 Å². The minimum absolute atomic E-state index is 0.114. The summed E-state index contributed by atoms with van der Waals surface area (Å²) < 4.78 is 27.8. The van der Waals surface area contributed by atoms with Gasteiger partial charge >= 0.3 is 0 Å². The van der Waals surface area contributed by atoms with Gasteiger partial charge in [0.15, 0.2) is 0 Å². The van der Waals surface area contributed by atoms with Crippen LogP contribution in [0.3, 0.4) is 0 Å². The lowest BCUT2D eigenvalue weighted by Gasteiger charge is -2.24. The Balaban J connectivity index is 1.68. The number of rotatable bonds is 4. The summed E-state index contributed by atoms with van der Waals surface area (Å²) in [4.78, 5) is 0.399. The zero-order chi connectivity index (χ0) is 15.4. The molecular formula is C17H26N2O2S. The van der Waals surface area contributed by atoms with Crippen molar-refractivity contribution in [1.29, 1.82) is 0 Å². The van der Waals surface area contributed by atoms with Gasteiger partial charge in [-0.2, -0.15) is 0 Å². The SMILES string of the molecule is O=S(=O)(NC1CCCCC1)c1ccc(C2CCNCC2)cc1. The van der Waals surface area contributed by atoms with Gasteiger partial charge < -0.3 is 5.32 Å². The third-order valence-corrected chi connectivity index (χ3v) is 6.46. The molecule has 1 aromatic carbocycles. The first kappa shape index (κ1) is 16.0. The standard InChI is InChI=1S/C17H26N2O2S/c20-22(21,19-16-4-2-1-3-5-16)17-8-6-14(7-9-17)15-10-12-18-13-11-15/h6-9,15-16,18-19H,1-5,10-13H2. The maximum absolute atomic E-state index is 12.5. The van der Waals surface area contributed by atoms with E-state index in [-0.39, 0.29) is 6.04 Å². The Morgan fingerprint density at radius 2 is 1.55 bits per heavy atom. The summed E-state index contributed by atoms with van der Waals surface area (Å²) in [6.45, 7) is 2.10. The Morgan fingerprint density at radius 3 is 2.18 bits per heavy atom. The Labute approximate surface area is 133 Å². The Kier molecular flexibility index (Phi) is 5.16. The second kappa shape index (κ2) is 7.11. The van der Waals surface area contributed by atoms with E-state index < -0.39 is 10.0 Å². The fourth-order valence-corrected chi connectivity index (χ4v) is 4.89. The third kappa shape index (κ3) is 3.89. The highest BCUT2D eigenvalue weighted by molar-refractivity contribution is 7.89. The van der Waals surface area contributed by atoms with Crippen LogP contribution in [0.1, 0.15) is 56.4 Å². The summed E-state index contributed by atoms with van der Waals surface area (Å²) in [6.07, 6.45) is 7.67. The summed E-state index contributed by atoms with van der Waals surface area (Å²) in [5.74, 6) is 0.560. The second-order valence-electron chi connectivity index (χ2n) is 6.55. The molecule has 0 atom stereocenters. The van der Waals surface area contributed by atoms with Gasteiger partial charge in [-0.25, -0.2) is 13.1 Å². The monoisotopic (exact) mass is 322 g/mol. The molecular weight excluding hydrogens is 296 g/mol. The molecule has 1 saturated carbocycles. The number of benzene rings is 1. The Bertz CT molecular complexity index is 571. The van der Waals surface area contributed by atoms with Crippen LogP contribution in [0.5, 0.6) is 0 Å². The number of sulfonamides is 1. The van der Waals surface area contributed by atoms with E-state index in [1.165, 1.54) is 12.0 Å². The predicted octanol–water partition coefficient (Wildman–Crippen LogP) is 2.76. The molecule has 1 aliphatic carbocycles. The Morgan fingerprint density at radius 1 is 0.909 bits per heavy atom. The van der Waals surface area contributed by atoms with Gasteiger partial charge in [-0.05, 0) is 62.4 Å². The van der Waals surface area contributed by atoms with Crippen LogP contribution in [0, 0.1) is 0 Å². The second-order valence-corrected chi connectivity index (χ2v) is 8.26. The zero-order valence-corrected chi connectivity index (χ0v) is 13.9. The molecule has 0 radical (unpaired) electrons. The number of piperidine rings is 1. The molecule has 2 fully saturated rings. The lowest BCUT2D eigenvalue weighted by atomic mass is 9.90. The summed E-state index contributed by atoms with van der Waals surface area (Å²) >= 11 is 0. The fraction of sp³-hybridized carbons (Fsp3) is 0.647. The lowest BCUT2D eigenvalue weighted by molar-refractivity contribution is 0.412. The van der Waals surface area contributed by atoms with E-state index in [1.54, 1.807) is 12.1 Å². The van der Waals surface area contributed by atoms with Crippen molar-refractivity contribution in [3.05, 3.63) is 29.8 Å².